The fourth-order valence-corrected chi connectivity index (χ4v) is 7.12. The summed E-state index contributed by atoms with van der Waals surface area (Å²) < 4.78 is 19.1. The molecule has 3 aromatic rings. The number of carbonyl (C=O) groups is 2. The van der Waals surface area contributed by atoms with Crippen LogP contribution in [0.5, 0.6) is 0 Å². The van der Waals surface area contributed by atoms with E-state index in [2.05, 4.69) is 31.4 Å². The fraction of sp³-hybridized carbons (Fsp3) is 0.467. The number of anilines is 1. The Balaban J connectivity index is 1.24. The lowest BCUT2D eigenvalue weighted by molar-refractivity contribution is -0.199. The van der Waals surface area contributed by atoms with E-state index in [-0.39, 0.29) is 41.3 Å². The first-order chi connectivity index (χ1) is 18.1. The number of furan rings is 1. The number of hydrogen-bond donors (Lipinski definition) is 2. The van der Waals surface area contributed by atoms with Crippen molar-refractivity contribution in [2.24, 2.45) is 17.3 Å². The van der Waals surface area contributed by atoms with Gasteiger partial charge in [-0.2, -0.15) is 0 Å². The minimum atomic E-state index is -0.552. The summed E-state index contributed by atoms with van der Waals surface area (Å²) in [6.07, 6.45) is 4.66. The number of hydrogen-bond acceptors (Lipinski definition) is 5. The monoisotopic (exact) mass is 514 g/mol. The molecule has 2 bridgehead atoms. The average Bonchev–Trinajstić information content (AvgIpc) is 3.43. The van der Waals surface area contributed by atoms with Gasteiger partial charge in [0.05, 0.1) is 30.3 Å². The van der Waals surface area contributed by atoms with Crippen LogP contribution in [0.4, 0.5) is 5.69 Å². The molecule has 0 radical (unpaired) electrons. The Morgan fingerprint density at radius 2 is 1.92 bits per heavy atom. The molecule has 4 fully saturated rings. The third-order valence-electron chi connectivity index (χ3n) is 9.26. The van der Waals surface area contributed by atoms with Crippen molar-refractivity contribution < 1.29 is 23.3 Å². The quantitative estimate of drug-likeness (QED) is 0.437. The van der Waals surface area contributed by atoms with Crippen LogP contribution in [0.25, 0.3) is 11.0 Å². The first-order valence-electron chi connectivity index (χ1n) is 13.6. The highest BCUT2D eigenvalue weighted by atomic mass is 16.7. The van der Waals surface area contributed by atoms with Gasteiger partial charge in [0.15, 0.2) is 0 Å². The van der Waals surface area contributed by atoms with Gasteiger partial charge in [0.2, 0.25) is 11.8 Å². The summed E-state index contributed by atoms with van der Waals surface area (Å²) in [7, 11) is -0.552. The molecule has 2 N–H and O–H groups in total. The molecule has 2 amide bonds. The van der Waals surface area contributed by atoms with Crippen molar-refractivity contribution in [1.29, 1.82) is 0 Å². The Kier molecular flexibility index (Phi) is 6.15. The summed E-state index contributed by atoms with van der Waals surface area (Å²) in [5.74, 6) is 0.427. The van der Waals surface area contributed by atoms with Crippen molar-refractivity contribution >= 4 is 35.6 Å². The van der Waals surface area contributed by atoms with E-state index in [0.717, 1.165) is 28.5 Å². The third kappa shape index (κ3) is 4.33. The van der Waals surface area contributed by atoms with Gasteiger partial charge in [-0.3, -0.25) is 9.59 Å². The summed E-state index contributed by atoms with van der Waals surface area (Å²) in [6, 6.07) is 15.3. The SMILES string of the molecule is CC(=O)Nc1cccc(CC(=O)N[C@@H](Cc2coc3ccccc23)B2O[C@@H]3C[C@@H]4C[C@@H](C4(C)C)[C@]3(C)O2)c1. The van der Waals surface area contributed by atoms with Gasteiger partial charge in [-0.15, -0.1) is 0 Å². The molecule has 1 saturated heterocycles. The van der Waals surface area contributed by atoms with Gasteiger partial charge in [-0.25, -0.2) is 0 Å². The molecule has 0 unspecified atom stereocenters. The van der Waals surface area contributed by atoms with Crippen LogP contribution in [0.15, 0.2) is 59.2 Å². The summed E-state index contributed by atoms with van der Waals surface area (Å²) in [5.41, 5.74) is 3.19. The Morgan fingerprint density at radius 3 is 2.71 bits per heavy atom. The maximum atomic E-state index is 13.3. The lowest BCUT2D eigenvalue weighted by atomic mass is 9.43. The Bertz CT molecular complexity index is 1390. The van der Waals surface area contributed by atoms with E-state index >= 15 is 0 Å². The Labute approximate surface area is 223 Å². The summed E-state index contributed by atoms with van der Waals surface area (Å²) in [4.78, 5) is 24.8. The molecule has 2 aromatic carbocycles. The van der Waals surface area contributed by atoms with E-state index in [9.17, 15) is 9.59 Å². The van der Waals surface area contributed by atoms with E-state index in [0.29, 0.717) is 23.9 Å². The molecule has 0 spiro atoms. The van der Waals surface area contributed by atoms with Gasteiger partial charge in [0, 0.05) is 18.0 Å². The van der Waals surface area contributed by atoms with Crippen LogP contribution in [0.2, 0.25) is 0 Å². The van der Waals surface area contributed by atoms with Crippen LogP contribution in [-0.2, 0) is 31.7 Å². The van der Waals surface area contributed by atoms with Crippen LogP contribution in [0, 0.1) is 17.3 Å². The maximum Gasteiger partial charge on any atom is 0.482 e. The first-order valence-corrected chi connectivity index (χ1v) is 13.6. The molecule has 7 nitrogen and oxygen atoms in total. The Morgan fingerprint density at radius 1 is 1.11 bits per heavy atom. The minimum Gasteiger partial charge on any atom is -0.464 e. The van der Waals surface area contributed by atoms with Crippen LogP contribution in [-0.4, -0.2) is 36.6 Å². The second-order valence-corrected chi connectivity index (χ2v) is 12.0. The predicted octanol–water partition coefficient (Wildman–Crippen LogP) is 4.93. The first kappa shape index (κ1) is 25.2. The summed E-state index contributed by atoms with van der Waals surface area (Å²) in [6.45, 7) is 8.35. The van der Waals surface area contributed by atoms with Crippen LogP contribution in [0.3, 0.4) is 0 Å². The molecule has 8 heteroatoms. The summed E-state index contributed by atoms with van der Waals surface area (Å²) >= 11 is 0. The molecule has 198 valence electrons. The van der Waals surface area contributed by atoms with E-state index in [4.69, 9.17) is 13.7 Å². The number of amides is 2. The highest BCUT2D eigenvalue weighted by molar-refractivity contribution is 6.48. The zero-order valence-corrected chi connectivity index (χ0v) is 22.5. The van der Waals surface area contributed by atoms with Gasteiger partial charge >= 0.3 is 7.12 Å². The molecular formula is C30H35BN2O5. The van der Waals surface area contributed by atoms with E-state index in [1.807, 2.05) is 48.5 Å². The van der Waals surface area contributed by atoms with Gasteiger partial charge in [-0.1, -0.05) is 44.2 Å². The number of para-hydroxylation sites is 1. The number of benzene rings is 2. The lowest BCUT2D eigenvalue weighted by Gasteiger charge is -2.64. The second kappa shape index (κ2) is 9.28. The zero-order valence-electron chi connectivity index (χ0n) is 22.5. The molecule has 1 aliphatic heterocycles. The predicted molar refractivity (Wildman–Crippen MR) is 146 cm³/mol. The van der Waals surface area contributed by atoms with Gasteiger partial charge in [-0.05, 0) is 72.8 Å². The molecule has 5 atom stereocenters. The van der Waals surface area contributed by atoms with E-state index in [1.54, 1.807) is 6.26 Å². The van der Waals surface area contributed by atoms with Crippen molar-refractivity contribution in [1.82, 2.24) is 5.32 Å². The van der Waals surface area contributed by atoms with Crippen molar-refractivity contribution in [3.63, 3.8) is 0 Å². The van der Waals surface area contributed by atoms with Crippen LogP contribution < -0.4 is 10.6 Å². The standard InChI is InChI=1S/C30H35BN2O5/c1-18(34)32-22-9-7-8-19(12-22)13-28(35)33-27(14-20-17-36-24-11-6-5-10-23(20)24)31-37-26-16-21-15-25(29(21,2)3)30(26,4)38-31/h5-12,17,21,25-27H,13-16H2,1-4H3,(H,32,34)(H,33,35)/t21-,25-,26+,27-,30-/m0/s1. The fourth-order valence-electron chi connectivity index (χ4n) is 7.12. The smallest absolute Gasteiger partial charge is 0.464 e. The minimum absolute atomic E-state index is 0.0270. The molecule has 3 saturated carbocycles. The molecule has 1 aromatic heterocycles. The highest BCUT2D eigenvalue weighted by Crippen LogP contribution is 2.65. The maximum absolute atomic E-state index is 13.3. The molecule has 38 heavy (non-hydrogen) atoms. The number of fused-ring (bicyclic) bond motifs is 1. The number of carbonyl (C=O) groups excluding carboxylic acids is 2. The largest absolute Gasteiger partial charge is 0.482 e. The zero-order chi connectivity index (χ0) is 26.7. The van der Waals surface area contributed by atoms with E-state index < -0.39 is 7.12 Å². The highest BCUT2D eigenvalue weighted by Gasteiger charge is 2.68. The van der Waals surface area contributed by atoms with Crippen molar-refractivity contribution in [2.45, 2.75) is 71.0 Å². The van der Waals surface area contributed by atoms with E-state index in [1.165, 1.54) is 13.3 Å². The third-order valence-corrected chi connectivity index (χ3v) is 9.26. The lowest BCUT2D eigenvalue weighted by Crippen LogP contribution is -2.65. The van der Waals surface area contributed by atoms with Gasteiger partial charge < -0.3 is 24.4 Å². The van der Waals surface area contributed by atoms with Gasteiger partial charge in [0.1, 0.15) is 5.58 Å². The number of rotatable bonds is 7. The average molecular weight is 514 g/mol. The molecule has 3 aliphatic carbocycles. The molecule has 4 aliphatic rings. The number of nitrogens with one attached hydrogen (secondary N) is 2. The summed E-state index contributed by atoms with van der Waals surface area (Å²) in [5, 5.41) is 7.03. The van der Waals surface area contributed by atoms with Crippen LogP contribution in [0.1, 0.15) is 51.7 Å². The van der Waals surface area contributed by atoms with Gasteiger partial charge in [0.25, 0.3) is 0 Å². The molecule has 7 rings (SSSR count). The van der Waals surface area contributed by atoms with Crippen molar-refractivity contribution in [3.8, 4) is 0 Å². The van der Waals surface area contributed by atoms with Crippen molar-refractivity contribution in [2.75, 3.05) is 5.32 Å². The Hall–Kier alpha value is -3.10. The molecule has 2 heterocycles. The second-order valence-electron chi connectivity index (χ2n) is 12.0. The van der Waals surface area contributed by atoms with Crippen molar-refractivity contribution in [3.05, 3.63) is 65.9 Å². The molecular weight excluding hydrogens is 479 g/mol. The van der Waals surface area contributed by atoms with Crippen LogP contribution >= 0.6 is 0 Å². The topological polar surface area (TPSA) is 89.8 Å². The normalized spacial score (nSPS) is 27.9.